The number of alkyl halides is 3. The Morgan fingerprint density at radius 3 is 2.29 bits per heavy atom. The monoisotopic (exact) mass is 388 g/mol. The third-order valence-corrected chi connectivity index (χ3v) is 4.74. The largest absolute Gasteiger partial charge is 0.416 e. The molecule has 0 amide bonds. The molecule has 9 heteroatoms. The van der Waals surface area contributed by atoms with Gasteiger partial charge >= 0.3 is 6.18 Å². The average molecular weight is 388 g/mol. The Bertz CT molecular complexity index is 946. The van der Waals surface area contributed by atoms with E-state index in [4.69, 9.17) is 0 Å². The lowest BCUT2D eigenvalue weighted by Crippen LogP contribution is -2.47. The zero-order valence-electron chi connectivity index (χ0n) is 15.3. The molecular formula is C19H19F3N6. The summed E-state index contributed by atoms with van der Waals surface area (Å²) < 4.78 is 40.8. The standard InChI is InChI=1S/C19H19F3N6/c1-26-13-16(14-4-2-5-15(12-14)19(20,21)22)25-18(26)28-10-8-27(9-11-28)17-23-6-3-7-24-17/h2-7,12-13H,8-11H2,1H3. The molecule has 6 nitrogen and oxygen atoms in total. The van der Waals surface area contributed by atoms with Gasteiger partial charge < -0.3 is 14.4 Å². The molecule has 146 valence electrons. The molecule has 1 aromatic carbocycles. The van der Waals surface area contributed by atoms with E-state index in [1.54, 1.807) is 30.7 Å². The minimum Gasteiger partial charge on any atom is -0.339 e. The molecule has 4 rings (SSSR count). The van der Waals surface area contributed by atoms with Crippen LogP contribution >= 0.6 is 0 Å². The first-order chi connectivity index (χ1) is 13.4. The fourth-order valence-electron chi connectivity index (χ4n) is 3.31. The molecule has 0 spiro atoms. The van der Waals surface area contributed by atoms with Crippen molar-refractivity contribution in [2.24, 2.45) is 7.05 Å². The Morgan fingerprint density at radius 1 is 0.929 bits per heavy atom. The van der Waals surface area contributed by atoms with E-state index in [1.165, 1.54) is 6.07 Å². The molecule has 3 aromatic rings. The van der Waals surface area contributed by atoms with E-state index in [9.17, 15) is 13.2 Å². The topological polar surface area (TPSA) is 50.1 Å². The van der Waals surface area contributed by atoms with E-state index < -0.39 is 11.7 Å². The van der Waals surface area contributed by atoms with Gasteiger partial charge in [-0.2, -0.15) is 13.2 Å². The van der Waals surface area contributed by atoms with Crippen LogP contribution in [0, 0.1) is 0 Å². The summed E-state index contributed by atoms with van der Waals surface area (Å²) >= 11 is 0. The summed E-state index contributed by atoms with van der Waals surface area (Å²) in [5, 5.41) is 0. The molecule has 1 saturated heterocycles. The molecule has 1 fully saturated rings. The van der Waals surface area contributed by atoms with Crippen LogP contribution < -0.4 is 9.80 Å². The van der Waals surface area contributed by atoms with Gasteiger partial charge in [0.25, 0.3) is 0 Å². The van der Waals surface area contributed by atoms with Crippen molar-refractivity contribution in [3.63, 3.8) is 0 Å². The quantitative estimate of drug-likeness (QED) is 0.690. The number of aromatic nitrogens is 4. The summed E-state index contributed by atoms with van der Waals surface area (Å²) in [6.45, 7) is 2.95. The number of hydrogen-bond donors (Lipinski definition) is 0. The second kappa shape index (κ2) is 7.14. The highest BCUT2D eigenvalue weighted by molar-refractivity contribution is 5.62. The number of hydrogen-bond acceptors (Lipinski definition) is 5. The molecule has 1 aliphatic heterocycles. The number of imidazole rings is 1. The number of nitrogens with zero attached hydrogens (tertiary/aromatic N) is 6. The van der Waals surface area contributed by atoms with E-state index >= 15 is 0 Å². The average Bonchev–Trinajstić information content (AvgIpc) is 3.10. The number of anilines is 2. The van der Waals surface area contributed by atoms with Crippen LogP contribution in [0.25, 0.3) is 11.3 Å². The van der Waals surface area contributed by atoms with E-state index in [2.05, 4.69) is 24.8 Å². The van der Waals surface area contributed by atoms with Gasteiger partial charge in [-0.15, -0.1) is 0 Å². The Hall–Kier alpha value is -3.10. The van der Waals surface area contributed by atoms with E-state index in [0.29, 0.717) is 17.2 Å². The number of halogens is 3. The van der Waals surface area contributed by atoms with Crippen molar-refractivity contribution in [2.75, 3.05) is 36.0 Å². The van der Waals surface area contributed by atoms with Crippen LogP contribution in [-0.4, -0.2) is 45.7 Å². The smallest absolute Gasteiger partial charge is 0.339 e. The molecule has 0 N–H and O–H groups in total. The normalized spacial score (nSPS) is 15.1. The number of benzene rings is 1. The van der Waals surface area contributed by atoms with Gasteiger partial charge in [0.15, 0.2) is 0 Å². The van der Waals surface area contributed by atoms with Crippen molar-refractivity contribution < 1.29 is 13.2 Å². The molecule has 0 unspecified atom stereocenters. The first kappa shape index (κ1) is 18.3. The predicted molar refractivity (Wildman–Crippen MR) is 100 cm³/mol. The van der Waals surface area contributed by atoms with Crippen molar-refractivity contribution in [3.8, 4) is 11.3 Å². The van der Waals surface area contributed by atoms with Crippen molar-refractivity contribution in [2.45, 2.75) is 6.18 Å². The maximum Gasteiger partial charge on any atom is 0.416 e. The van der Waals surface area contributed by atoms with Gasteiger partial charge in [0.2, 0.25) is 11.9 Å². The van der Waals surface area contributed by atoms with Crippen molar-refractivity contribution in [1.29, 1.82) is 0 Å². The summed E-state index contributed by atoms with van der Waals surface area (Å²) in [4.78, 5) is 17.4. The Morgan fingerprint density at radius 2 is 1.61 bits per heavy atom. The molecule has 3 heterocycles. The number of aryl methyl sites for hydroxylation is 1. The summed E-state index contributed by atoms with van der Waals surface area (Å²) in [6.07, 6.45) is 0.824. The van der Waals surface area contributed by atoms with Gasteiger partial charge in [-0.05, 0) is 18.2 Å². The summed E-state index contributed by atoms with van der Waals surface area (Å²) in [7, 11) is 1.85. The zero-order valence-corrected chi connectivity index (χ0v) is 15.3. The van der Waals surface area contributed by atoms with Crippen LogP contribution in [0.5, 0.6) is 0 Å². The third-order valence-electron chi connectivity index (χ3n) is 4.74. The highest BCUT2D eigenvalue weighted by atomic mass is 19.4. The summed E-state index contributed by atoms with van der Waals surface area (Å²) in [5.74, 6) is 1.44. The summed E-state index contributed by atoms with van der Waals surface area (Å²) in [6, 6.07) is 7.04. The lowest BCUT2D eigenvalue weighted by Gasteiger charge is -2.35. The van der Waals surface area contributed by atoms with Crippen LogP contribution in [0.3, 0.4) is 0 Å². The Labute approximate surface area is 160 Å². The molecule has 0 bridgehead atoms. The molecular weight excluding hydrogens is 369 g/mol. The van der Waals surface area contributed by atoms with Crippen LogP contribution in [-0.2, 0) is 13.2 Å². The first-order valence-electron chi connectivity index (χ1n) is 8.90. The maximum atomic E-state index is 13.0. The van der Waals surface area contributed by atoms with E-state index in [0.717, 1.165) is 44.3 Å². The third kappa shape index (κ3) is 3.64. The second-order valence-corrected chi connectivity index (χ2v) is 6.64. The van der Waals surface area contributed by atoms with Gasteiger partial charge in [0.05, 0.1) is 11.3 Å². The van der Waals surface area contributed by atoms with Crippen molar-refractivity contribution >= 4 is 11.9 Å². The first-order valence-corrected chi connectivity index (χ1v) is 8.90. The van der Waals surface area contributed by atoms with Gasteiger partial charge in [-0.3, -0.25) is 0 Å². The van der Waals surface area contributed by atoms with Crippen LogP contribution in [0.2, 0.25) is 0 Å². The van der Waals surface area contributed by atoms with Crippen LogP contribution in [0.4, 0.5) is 25.1 Å². The van der Waals surface area contributed by atoms with Crippen molar-refractivity contribution in [1.82, 2.24) is 19.5 Å². The number of piperazine rings is 1. The molecule has 0 radical (unpaired) electrons. The molecule has 0 aliphatic carbocycles. The lowest BCUT2D eigenvalue weighted by atomic mass is 10.1. The zero-order chi connectivity index (χ0) is 19.7. The van der Waals surface area contributed by atoms with Crippen molar-refractivity contribution in [3.05, 3.63) is 54.5 Å². The van der Waals surface area contributed by atoms with Gasteiger partial charge in [0.1, 0.15) is 0 Å². The lowest BCUT2D eigenvalue weighted by molar-refractivity contribution is -0.137. The Balaban J connectivity index is 1.51. The SMILES string of the molecule is Cn1cc(-c2cccc(C(F)(F)F)c2)nc1N1CCN(c2ncccn2)CC1. The molecule has 0 saturated carbocycles. The molecule has 28 heavy (non-hydrogen) atoms. The highest BCUT2D eigenvalue weighted by Crippen LogP contribution is 2.32. The predicted octanol–water partition coefficient (Wildman–Crippen LogP) is 3.22. The fraction of sp³-hybridized carbons (Fsp3) is 0.316. The fourth-order valence-corrected chi connectivity index (χ4v) is 3.31. The summed E-state index contributed by atoms with van der Waals surface area (Å²) in [5.41, 5.74) is 0.305. The number of rotatable bonds is 3. The second-order valence-electron chi connectivity index (χ2n) is 6.64. The minimum atomic E-state index is -4.37. The van der Waals surface area contributed by atoms with E-state index in [1.807, 2.05) is 11.6 Å². The maximum absolute atomic E-state index is 13.0. The van der Waals surface area contributed by atoms with Gasteiger partial charge in [-0.1, -0.05) is 12.1 Å². The van der Waals surface area contributed by atoms with E-state index in [-0.39, 0.29) is 0 Å². The molecule has 0 atom stereocenters. The molecule has 1 aliphatic rings. The minimum absolute atomic E-state index is 0.452. The molecule has 2 aromatic heterocycles. The van der Waals surface area contributed by atoms with Crippen LogP contribution in [0.1, 0.15) is 5.56 Å². The van der Waals surface area contributed by atoms with Crippen LogP contribution in [0.15, 0.2) is 48.9 Å². The van der Waals surface area contributed by atoms with Gasteiger partial charge in [-0.25, -0.2) is 15.0 Å². The highest BCUT2D eigenvalue weighted by Gasteiger charge is 2.30. The Kier molecular flexibility index (Phi) is 4.66. The van der Waals surface area contributed by atoms with Gasteiger partial charge in [0, 0.05) is 57.4 Å².